The highest BCUT2D eigenvalue weighted by Gasteiger charge is 2.07. The third kappa shape index (κ3) is 3.51. The van der Waals surface area contributed by atoms with Crippen molar-refractivity contribution >= 4 is 22.6 Å². The number of carbonyl (C=O) groups is 1. The Morgan fingerprint density at radius 3 is 2.37 bits per heavy atom. The van der Waals surface area contributed by atoms with Crippen LogP contribution in [0.2, 0.25) is 0 Å². The van der Waals surface area contributed by atoms with E-state index in [4.69, 9.17) is 14.5 Å². The normalized spacial score (nSPS) is 11.7. The van der Waals surface area contributed by atoms with E-state index >= 15 is 0 Å². The number of hydrogen-bond acceptors (Lipinski definition) is 3. The van der Waals surface area contributed by atoms with Crippen molar-refractivity contribution < 1.29 is 14.3 Å². The third-order valence-electron chi connectivity index (χ3n) is 4.32. The number of carboxylic acids is 1. The van der Waals surface area contributed by atoms with Crippen molar-refractivity contribution in [3.63, 3.8) is 0 Å². The number of nitrogens with zero attached hydrogens (tertiary/aromatic N) is 1. The molecule has 1 heterocycles. The first-order valence-electron chi connectivity index (χ1n) is 8.58. The molecule has 0 saturated carbocycles. The van der Waals surface area contributed by atoms with E-state index in [1.165, 1.54) is 0 Å². The first kappa shape index (κ1) is 16.8. The number of hydrogen-bond donors (Lipinski definition) is 1. The third-order valence-corrected chi connectivity index (χ3v) is 4.32. The molecule has 1 N–H and O–H groups in total. The Kier molecular flexibility index (Phi) is 4.30. The smallest absolute Gasteiger partial charge is 0.335 e. The predicted molar refractivity (Wildman–Crippen MR) is 105 cm³/mol. The van der Waals surface area contributed by atoms with E-state index in [-0.39, 0.29) is 5.56 Å². The van der Waals surface area contributed by atoms with Crippen LogP contribution in [0.25, 0.3) is 22.3 Å². The molecule has 4 heteroatoms. The van der Waals surface area contributed by atoms with Crippen LogP contribution in [-0.4, -0.2) is 11.1 Å². The molecule has 132 valence electrons. The predicted octanol–water partition coefficient (Wildman–Crippen LogP) is 5.34. The average molecular weight is 355 g/mol. The molecular formula is C23H17NO3. The van der Waals surface area contributed by atoms with Gasteiger partial charge in [0, 0.05) is 17.0 Å². The second-order valence-corrected chi connectivity index (χ2v) is 6.33. The van der Waals surface area contributed by atoms with Crippen molar-refractivity contribution in [1.82, 2.24) is 0 Å². The van der Waals surface area contributed by atoms with Crippen LogP contribution in [0, 0.1) is 6.92 Å². The van der Waals surface area contributed by atoms with Crippen LogP contribution in [0.4, 0.5) is 5.69 Å². The molecule has 4 rings (SSSR count). The van der Waals surface area contributed by atoms with Crippen molar-refractivity contribution in [2.75, 3.05) is 0 Å². The Bertz CT molecular complexity index is 1190. The number of benzene rings is 3. The van der Waals surface area contributed by atoms with Crippen molar-refractivity contribution in [3.8, 4) is 11.3 Å². The van der Waals surface area contributed by atoms with Gasteiger partial charge in [0.2, 0.25) is 0 Å². The standard InChI is InChI=1S/C23H17NO3/c1-15-7-12-21-19(13-15)20(14-22(27-21)16-5-3-2-4-6-16)24-18-10-8-17(9-11-18)23(25)26/h2-14H,1H3,(H,25,26). The summed E-state index contributed by atoms with van der Waals surface area (Å²) in [6.07, 6.45) is 0. The highest BCUT2D eigenvalue weighted by Crippen LogP contribution is 2.23. The molecule has 0 aliphatic rings. The van der Waals surface area contributed by atoms with Crippen LogP contribution in [0.5, 0.6) is 0 Å². The van der Waals surface area contributed by atoms with Gasteiger partial charge < -0.3 is 9.52 Å². The summed E-state index contributed by atoms with van der Waals surface area (Å²) in [4.78, 5) is 15.8. The van der Waals surface area contributed by atoms with E-state index < -0.39 is 5.97 Å². The van der Waals surface area contributed by atoms with Crippen LogP contribution in [0.1, 0.15) is 15.9 Å². The lowest BCUT2D eigenvalue weighted by molar-refractivity contribution is 0.0697. The summed E-state index contributed by atoms with van der Waals surface area (Å²) in [5, 5.41) is 10.8. The van der Waals surface area contributed by atoms with Crippen molar-refractivity contribution in [2.45, 2.75) is 6.92 Å². The van der Waals surface area contributed by atoms with E-state index in [9.17, 15) is 4.79 Å². The molecule has 27 heavy (non-hydrogen) atoms. The fourth-order valence-electron chi connectivity index (χ4n) is 2.94. The molecule has 0 radical (unpaired) electrons. The van der Waals surface area contributed by atoms with Crippen LogP contribution < -0.4 is 5.36 Å². The number of rotatable bonds is 3. The Morgan fingerprint density at radius 2 is 1.67 bits per heavy atom. The molecule has 3 aromatic carbocycles. The van der Waals surface area contributed by atoms with Crippen molar-refractivity contribution in [3.05, 3.63) is 95.3 Å². The highest BCUT2D eigenvalue weighted by atomic mass is 16.4. The zero-order chi connectivity index (χ0) is 18.8. The molecule has 1 aromatic heterocycles. The van der Waals surface area contributed by atoms with Crippen LogP contribution in [-0.2, 0) is 0 Å². The molecule has 0 aliphatic carbocycles. The van der Waals surface area contributed by atoms with Crippen LogP contribution in [0.3, 0.4) is 0 Å². The SMILES string of the molecule is Cc1ccc2oc(-c3ccccc3)cc(=Nc3ccc(C(=O)O)cc3)c2c1. The molecule has 0 fully saturated rings. The molecular weight excluding hydrogens is 338 g/mol. The average Bonchev–Trinajstić information content (AvgIpc) is 2.69. The van der Waals surface area contributed by atoms with E-state index in [1.807, 2.05) is 61.5 Å². The molecule has 0 bridgehead atoms. The van der Waals surface area contributed by atoms with Gasteiger partial charge in [-0.05, 0) is 43.3 Å². The minimum Gasteiger partial charge on any atom is -0.478 e. The summed E-state index contributed by atoms with van der Waals surface area (Å²) in [6, 6.07) is 24.3. The summed E-state index contributed by atoms with van der Waals surface area (Å²) >= 11 is 0. The first-order valence-corrected chi connectivity index (χ1v) is 8.58. The van der Waals surface area contributed by atoms with E-state index in [0.717, 1.165) is 33.2 Å². The number of fused-ring (bicyclic) bond motifs is 1. The van der Waals surface area contributed by atoms with Crippen LogP contribution in [0.15, 0.2) is 88.3 Å². The van der Waals surface area contributed by atoms with Gasteiger partial charge in [-0.15, -0.1) is 0 Å². The summed E-state index contributed by atoms with van der Waals surface area (Å²) in [7, 11) is 0. The lowest BCUT2D eigenvalue weighted by atomic mass is 10.1. The van der Waals surface area contributed by atoms with Gasteiger partial charge >= 0.3 is 5.97 Å². The number of aryl methyl sites for hydroxylation is 1. The quantitative estimate of drug-likeness (QED) is 0.539. The maximum absolute atomic E-state index is 11.0. The van der Waals surface area contributed by atoms with E-state index in [0.29, 0.717) is 5.69 Å². The van der Waals surface area contributed by atoms with E-state index in [1.54, 1.807) is 24.3 Å². The van der Waals surface area contributed by atoms with Gasteiger partial charge in [-0.2, -0.15) is 0 Å². The van der Waals surface area contributed by atoms with Gasteiger partial charge in [-0.25, -0.2) is 9.79 Å². The molecule has 0 atom stereocenters. The van der Waals surface area contributed by atoms with Gasteiger partial charge in [-0.3, -0.25) is 0 Å². The zero-order valence-corrected chi connectivity index (χ0v) is 14.7. The van der Waals surface area contributed by atoms with Gasteiger partial charge in [0.1, 0.15) is 11.3 Å². The van der Waals surface area contributed by atoms with Gasteiger partial charge in [0.25, 0.3) is 0 Å². The Hall–Kier alpha value is -3.66. The largest absolute Gasteiger partial charge is 0.478 e. The molecule has 0 unspecified atom stereocenters. The Balaban J connectivity index is 1.94. The minimum absolute atomic E-state index is 0.239. The number of carboxylic acid groups (broad SMARTS) is 1. The van der Waals surface area contributed by atoms with Crippen molar-refractivity contribution in [1.29, 1.82) is 0 Å². The molecule has 0 spiro atoms. The molecule has 4 nitrogen and oxygen atoms in total. The first-order chi connectivity index (χ1) is 13.1. The molecule has 0 saturated heterocycles. The van der Waals surface area contributed by atoms with Crippen molar-refractivity contribution in [2.24, 2.45) is 4.99 Å². The minimum atomic E-state index is -0.951. The van der Waals surface area contributed by atoms with Gasteiger partial charge in [0.15, 0.2) is 0 Å². The number of aromatic carboxylic acids is 1. The monoisotopic (exact) mass is 355 g/mol. The lowest BCUT2D eigenvalue weighted by Crippen LogP contribution is -2.03. The van der Waals surface area contributed by atoms with Gasteiger partial charge in [0.05, 0.1) is 16.6 Å². The highest BCUT2D eigenvalue weighted by molar-refractivity contribution is 5.88. The van der Waals surface area contributed by atoms with E-state index in [2.05, 4.69) is 0 Å². The second kappa shape index (κ2) is 6.92. The fraction of sp³-hybridized carbons (Fsp3) is 0.0435. The lowest BCUT2D eigenvalue weighted by Gasteiger charge is -2.06. The van der Waals surface area contributed by atoms with Gasteiger partial charge in [-0.1, -0.05) is 42.0 Å². The summed E-state index contributed by atoms with van der Waals surface area (Å²) in [5.74, 6) is -0.222. The summed E-state index contributed by atoms with van der Waals surface area (Å²) < 4.78 is 6.09. The topological polar surface area (TPSA) is 62.8 Å². The maximum Gasteiger partial charge on any atom is 0.335 e. The summed E-state index contributed by atoms with van der Waals surface area (Å²) in [6.45, 7) is 2.02. The molecule has 0 amide bonds. The Labute approximate surface area is 156 Å². The van der Waals surface area contributed by atoms with Crippen LogP contribution >= 0.6 is 0 Å². The molecule has 4 aromatic rings. The zero-order valence-electron chi connectivity index (χ0n) is 14.7. The molecule has 0 aliphatic heterocycles. The summed E-state index contributed by atoms with van der Waals surface area (Å²) in [5.41, 5.74) is 3.76. The fourth-order valence-corrected chi connectivity index (χ4v) is 2.94. The maximum atomic E-state index is 11.0. The Morgan fingerprint density at radius 1 is 0.926 bits per heavy atom. The second-order valence-electron chi connectivity index (χ2n) is 6.33.